The quantitative estimate of drug-likeness (QED) is 0.768. The van der Waals surface area contributed by atoms with Gasteiger partial charge < -0.3 is 5.32 Å². The van der Waals surface area contributed by atoms with E-state index in [-0.39, 0.29) is 0 Å². The molecule has 0 unspecified atom stereocenters. The number of hydrogen-bond donors (Lipinski definition) is 1. The van der Waals surface area contributed by atoms with E-state index in [0.29, 0.717) is 0 Å². The van der Waals surface area contributed by atoms with Gasteiger partial charge in [-0.3, -0.25) is 0 Å². The van der Waals surface area contributed by atoms with Gasteiger partial charge in [-0.15, -0.1) is 11.3 Å². The van der Waals surface area contributed by atoms with Gasteiger partial charge in [0.1, 0.15) is 0 Å². The van der Waals surface area contributed by atoms with E-state index in [2.05, 4.69) is 59.7 Å². The molecule has 3 heteroatoms. The number of hydrogen-bond acceptors (Lipinski definition) is 3. The van der Waals surface area contributed by atoms with Crippen molar-refractivity contribution in [2.75, 3.05) is 12.4 Å². The van der Waals surface area contributed by atoms with Crippen molar-refractivity contribution in [3.05, 3.63) is 58.6 Å². The van der Waals surface area contributed by atoms with Crippen molar-refractivity contribution in [1.29, 1.82) is 0 Å². The van der Waals surface area contributed by atoms with Gasteiger partial charge in [-0.2, -0.15) is 0 Å². The summed E-state index contributed by atoms with van der Waals surface area (Å²) in [5.74, 6) is 0. The molecule has 0 aliphatic heterocycles. The van der Waals surface area contributed by atoms with Gasteiger partial charge in [0.2, 0.25) is 0 Å². The second-order valence-corrected chi connectivity index (χ2v) is 5.89. The number of thiazole rings is 1. The molecule has 3 aromatic rings. The van der Waals surface area contributed by atoms with Crippen LogP contribution in [0.3, 0.4) is 0 Å². The van der Waals surface area contributed by atoms with Crippen molar-refractivity contribution in [2.45, 2.75) is 13.3 Å². The lowest BCUT2D eigenvalue weighted by Gasteiger charge is -2.04. The third kappa shape index (κ3) is 2.61. The van der Waals surface area contributed by atoms with Crippen LogP contribution in [0.25, 0.3) is 10.2 Å². The third-order valence-corrected chi connectivity index (χ3v) is 4.14. The number of nitrogens with zero attached hydrogens (tertiary/aromatic N) is 1. The van der Waals surface area contributed by atoms with Crippen LogP contribution in [0.2, 0.25) is 0 Å². The van der Waals surface area contributed by atoms with Crippen molar-refractivity contribution in [1.82, 2.24) is 4.98 Å². The molecule has 3 rings (SSSR count). The molecule has 0 fully saturated rings. The molecule has 1 aromatic heterocycles. The van der Waals surface area contributed by atoms with Gasteiger partial charge in [-0.1, -0.05) is 18.2 Å². The number of aromatic nitrogens is 1. The summed E-state index contributed by atoms with van der Waals surface area (Å²) < 4.78 is 1.28. The highest BCUT2D eigenvalue weighted by molar-refractivity contribution is 7.18. The van der Waals surface area contributed by atoms with E-state index < -0.39 is 0 Å². The molecule has 96 valence electrons. The lowest BCUT2D eigenvalue weighted by Crippen LogP contribution is -1.90. The molecule has 0 spiro atoms. The minimum atomic E-state index is 0.969. The Morgan fingerprint density at radius 2 is 1.79 bits per heavy atom. The van der Waals surface area contributed by atoms with E-state index in [1.807, 2.05) is 7.05 Å². The summed E-state index contributed by atoms with van der Waals surface area (Å²) in [6.45, 7) is 2.06. The average molecular weight is 268 g/mol. The minimum absolute atomic E-state index is 0.969. The Labute approximate surface area is 117 Å². The Bertz CT molecular complexity index is 698. The lowest BCUT2D eigenvalue weighted by atomic mass is 10.0. The molecule has 19 heavy (non-hydrogen) atoms. The average Bonchev–Trinajstić information content (AvgIpc) is 2.79. The summed E-state index contributed by atoms with van der Waals surface area (Å²) in [6, 6.07) is 15.1. The second kappa shape index (κ2) is 5.02. The molecule has 0 bridgehead atoms. The van der Waals surface area contributed by atoms with Crippen LogP contribution < -0.4 is 5.32 Å². The summed E-state index contributed by atoms with van der Waals surface area (Å²) in [5.41, 5.74) is 4.93. The zero-order valence-electron chi connectivity index (χ0n) is 11.1. The first-order valence-corrected chi connectivity index (χ1v) is 7.19. The first-order chi connectivity index (χ1) is 9.24. The lowest BCUT2D eigenvalue weighted by molar-refractivity contribution is 1.20. The van der Waals surface area contributed by atoms with Crippen molar-refractivity contribution in [2.24, 2.45) is 0 Å². The van der Waals surface area contributed by atoms with Crippen LogP contribution in [-0.4, -0.2) is 12.0 Å². The third-order valence-electron chi connectivity index (χ3n) is 3.21. The highest BCUT2D eigenvalue weighted by atomic mass is 32.1. The molecule has 0 atom stereocenters. The van der Waals surface area contributed by atoms with Crippen LogP contribution in [0.5, 0.6) is 0 Å². The van der Waals surface area contributed by atoms with Crippen LogP contribution in [0.15, 0.2) is 42.5 Å². The molecule has 0 aliphatic rings. The van der Waals surface area contributed by atoms with Crippen LogP contribution in [0.4, 0.5) is 5.69 Å². The van der Waals surface area contributed by atoms with E-state index in [1.54, 1.807) is 11.3 Å². The molecule has 0 aliphatic carbocycles. The molecular formula is C16H16N2S. The summed E-state index contributed by atoms with van der Waals surface area (Å²) >= 11 is 1.76. The van der Waals surface area contributed by atoms with Gasteiger partial charge in [0.05, 0.1) is 15.2 Å². The van der Waals surface area contributed by atoms with Crippen LogP contribution >= 0.6 is 11.3 Å². The Balaban J connectivity index is 1.87. The summed E-state index contributed by atoms with van der Waals surface area (Å²) in [6.07, 6.45) is 0.969. The Kier molecular flexibility index (Phi) is 3.22. The van der Waals surface area contributed by atoms with Gasteiger partial charge in [0.15, 0.2) is 0 Å². The number of aryl methyl sites for hydroxylation is 1. The predicted molar refractivity (Wildman–Crippen MR) is 83.2 cm³/mol. The number of anilines is 1. The molecule has 0 saturated heterocycles. The van der Waals surface area contributed by atoms with Gasteiger partial charge in [-0.05, 0) is 48.7 Å². The van der Waals surface area contributed by atoms with E-state index in [0.717, 1.165) is 22.6 Å². The first kappa shape index (κ1) is 12.2. The number of nitrogens with one attached hydrogen (secondary N) is 1. The number of fused-ring (bicyclic) bond motifs is 1. The maximum atomic E-state index is 4.49. The normalized spacial score (nSPS) is 10.8. The molecule has 0 amide bonds. The van der Waals surface area contributed by atoms with E-state index in [9.17, 15) is 0 Å². The maximum absolute atomic E-state index is 4.49. The first-order valence-electron chi connectivity index (χ1n) is 6.37. The van der Waals surface area contributed by atoms with Crippen LogP contribution in [0.1, 0.15) is 16.1 Å². The Morgan fingerprint density at radius 1 is 1.05 bits per heavy atom. The van der Waals surface area contributed by atoms with Gasteiger partial charge in [0, 0.05) is 12.7 Å². The predicted octanol–water partition coefficient (Wildman–Crippen LogP) is 4.24. The summed E-state index contributed by atoms with van der Waals surface area (Å²) in [4.78, 5) is 4.49. The fraction of sp³-hybridized carbons (Fsp3) is 0.188. The van der Waals surface area contributed by atoms with E-state index in [1.165, 1.54) is 15.8 Å². The topological polar surface area (TPSA) is 24.9 Å². The second-order valence-electron chi connectivity index (χ2n) is 4.66. The molecule has 0 saturated carbocycles. The molecule has 2 nitrogen and oxygen atoms in total. The molecule has 1 N–H and O–H groups in total. The number of benzene rings is 2. The van der Waals surface area contributed by atoms with Crippen LogP contribution in [-0.2, 0) is 6.42 Å². The monoisotopic (exact) mass is 268 g/mol. The number of rotatable bonds is 3. The maximum Gasteiger partial charge on any atom is 0.0907 e. The van der Waals surface area contributed by atoms with Gasteiger partial charge in [0.25, 0.3) is 0 Å². The zero-order valence-corrected chi connectivity index (χ0v) is 11.9. The SMILES string of the molecule is CNc1ccc(Cc2ccc3nc(C)sc3c2)cc1. The molecule has 1 heterocycles. The van der Waals surface area contributed by atoms with Crippen molar-refractivity contribution < 1.29 is 0 Å². The molecular weight excluding hydrogens is 252 g/mol. The van der Waals surface area contributed by atoms with Gasteiger partial charge >= 0.3 is 0 Å². The standard InChI is InChI=1S/C16H16N2S/c1-11-18-15-8-5-13(10-16(15)19-11)9-12-3-6-14(17-2)7-4-12/h3-8,10,17H,9H2,1-2H3. The van der Waals surface area contributed by atoms with Crippen molar-refractivity contribution in [3.8, 4) is 0 Å². The summed E-state index contributed by atoms with van der Waals surface area (Å²) in [7, 11) is 1.94. The highest BCUT2D eigenvalue weighted by Crippen LogP contribution is 2.24. The van der Waals surface area contributed by atoms with Gasteiger partial charge in [-0.25, -0.2) is 4.98 Å². The largest absolute Gasteiger partial charge is 0.388 e. The Morgan fingerprint density at radius 3 is 2.53 bits per heavy atom. The van der Waals surface area contributed by atoms with Crippen LogP contribution in [0, 0.1) is 6.92 Å². The van der Waals surface area contributed by atoms with Crippen molar-refractivity contribution in [3.63, 3.8) is 0 Å². The van der Waals surface area contributed by atoms with Crippen molar-refractivity contribution >= 4 is 27.2 Å². The Hall–Kier alpha value is -1.87. The fourth-order valence-corrected chi connectivity index (χ4v) is 3.11. The zero-order chi connectivity index (χ0) is 13.2. The fourth-order valence-electron chi connectivity index (χ4n) is 2.22. The minimum Gasteiger partial charge on any atom is -0.388 e. The van der Waals surface area contributed by atoms with E-state index in [4.69, 9.17) is 0 Å². The molecule has 2 aromatic carbocycles. The summed E-state index contributed by atoms with van der Waals surface area (Å²) in [5, 5.41) is 4.27. The van der Waals surface area contributed by atoms with E-state index >= 15 is 0 Å². The molecule has 0 radical (unpaired) electrons. The smallest absolute Gasteiger partial charge is 0.0907 e. The highest BCUT2D eigenvalue weighted by Gasteiger charge is 2.02.